The lowest BCUT2D eigenvalue weighted by Crippen LogP contribution is -2.37. The molecule has 0 aliphatic carbocycles. The first kappa shape index (κ1) is 15.6. The predicted molar refractivity (Wildman–Crippen MR) is 81.6 cm³/mol. The molecule has 1 aromatic rings. The van der Waals surface area contributed by atoms with Crippen molar-refractivity contribution in [3.63, 3.8) is 0 Å². The van der Waals surface area contributed by atoms with Crippen LogP contribution in [0.4, 0.5) is 5.82 Å². The van der Waals surface area contributed by atoms with Crippen molar-refractivity contribution in [2.24, 2.45) is 5.92 Å². The summed E-state index contributed by atoms with van der Waals surface area (Å²) in [4.78, 5) is 18.4. The molecule has 1 fully saturated rings. The molecular weight excluding hydrogens is 268 g/mol. The van der Waals surface area contributed by atoms with Gasteiger partial charge in [-0.1, -0.05) is 6.92 Å². The number of hydrogen-bond acceptors (Lipinski definition) is 5. The van der Waals surface area contributed by atoms with Gasteiger partial charge in [-0.2, -0.15) is 0 Å². The Morgan fingerprint density at radius 1 is 1.38 bits per heavy atom. The second kappa shape index (κ2) is 7.86. The van der Waals surface area contributed by atoms with Crippen LogP contribution in [0.1, 0.15) is 33.1 Å². The van der Waals surface area contributed by atoms with Crippen LogP contribution in [0, 0.1) is 5.92 Å². The summed E-state index contributed by atoms with van der Waals surface area (Å²) >= 11 is 0. The van der Waals surface area contributed by atoms with Gasteiger partial charge in [0.1, 0.15) is 0 Å². The molecule has 21 heavy (non-hydrogen) atoms. The van der Waals surface area contributed by atoms with E-state index in [-0.39, 0.29) is 11.9 Å². The van der Waals surface area contributed by atoms with Crippen LogP contribution in [0.3, 0.4) is 0 Å². The van der Waals surface area contributed by atoms with Crippen LogP contribution in [0.2, 0.25) is 0 Å². The van der Waals surface area contributed by atoms with Crippen LogP contribution in [0.25, 0.3) is 0 Å². The van der Waals surface area contributed by atoms with Crippen molar-refractivity contribution in [3.8, 4) is 5.75 Å². The molecule has 0 unspecified atom stereocenters. The van der Waals surface area contributed by atoms with Crippen LogP contribution in [-0.4, -0.2) is 37.3 Å². The number of aromatic nitrogens is 1. The predicted octanol–water partition coefficient (Wildman–Crippen LogP) is 2.65. The van der Waals surface area contributed by atoms with Gasteiger partial charge < -0.3 is 14.4 Å². The fourth-order valence-corrected chi connectivity index (χ4v) is 2.53. The molecule has 1 aliphatic heterocycles. The molecule has 0 aromatic carbocycles. The number of pyridine rings is 1. The van der Waals surface area contributed by atoms with Gasteiger partial charge in [0.05, 0.1) is 19.1 Å². The maximum absolute atomic E-state index is 11.8. The number of hydrogen-bond donors (Lipinski definition) is 0. The van der Waals surface area contributed by atoms with E-state index in [1.807, 2.05) is 19.1 Å². The van der Waals surface area contributed by atoms with E-state index >= 15 is 0 Å². The Balaban J connectivity index is 1.97. The minimum atomic E-state index is -0.0689. The SMILES string of the molecule is CCCOc1cccnc1N1CCC(C(=O)OCC)CC1. The third kappa shape index (κ3) is 4.09. The average Bonchev–Trinajstić information content (AvgIpc) is 2.53. The van der Waals surface area contributed by atoms with E-state index in [0.717, 1.165) is 43.9 Å². The first-order chi connectivity index (χ1) is 10.3. The summed E-state index contributed by atoms with van der Waals surface area (Å²) in [6.07, 6.45) is 4.37. The lowest BCUT2D eigenvalue weighted by atomic mass is 9.97. The standard InChI is InChI=1S/C16H24N2O3/c1-3-12-21-14-6-5-9-17-15(14)18-10-7-13(8-11-18)16(19)20-4-2/h5-6,9,13H,3-4,7-8,10-12H2,1-2H3. The van der Waals surface area contributed by atoms with Gasteiger partial charge in [0.25, 0.3) is 0 Å². The van der Waals surface area contributed by atoms with Gasteiger partial charge in [-0.15, -0.1) is 0 Å². The van der Waals surface area contributed by atoms with Crippen molar-refractivity contribution in [3.05, 3.63) is 18.3 Å². The number of piperidine rings is 1. The number of carbonyl (C=O) groups is 1. The number of rotatable bonds is 6. The molecule has 2 heterocycles. The van der Waals surface area contributed by atoms with E-state index < -0.39 is 0 Å². The summed E-state index contributed by atoms with van der Waals surface area (Å²) in [5.41, 5.74) is 0. The summed E-state index contributed by atoms with van der Waals surface area (Å²) < 4.78 is 10.9. The van der Waals surface area contributed by atoms with Crippen molar-refractivity contribution >= 4 is 11.8 Å². The Bertz CT molecular complexity index is 457. The van der Waals surface area contributed by atoms with Gasteiger partial charge in [-0.3, -0.25) is 4.79 Å². The molecule has 116 valence electrons. The highest BCUT2D eigenvalue weighted by Gasteiger charge is 2.27. The van der Waals surface area contributed by atoms with E-state index in [0.29, 0.717) is 13.2 Å². The van der Waals surface area contributed by atoms with E-state index in [1.165, 1.54) is 0 Å². The number of carbonyl (C=O) groups excluding carboxylic acids is 1. The third-order valence-corrected chi connectivity index (χ3v) is 3.63. The number of nitrogens with zero attached hydrogens (tertiary/aromatic N) is 2. The Morgan fingerprint density at radius 3 is 2.81 bits per heavy atom. The Labute approximate surface area is 126 Å². The zero-order valence-corrected chi connectivity index (χ0v) is 12.9. The maximum atomic E-state index is 11.8. The van der Waals surface area contributed by atoms with E-state index in [1.54, 1.807) is 6.20 Å². The minimum Gasteiger partial charge on any atom is -0.490 e. The highest BCUT2D eigenvalue weighted by Crippen LogP contribution is 2.29. The van der Waals surface area contributed by atoms with Crippen molar-refractivity contribution in [1.82, 2.24) is 4.98 Å². The molecule has 1 aromatic heterocycles. The largest absolute Gasteiger partial charge is 0.490 e. The van der Waals surface area contributed by atoms with Crippen molar-refractivity contribution in [2.45, 2.75) is 33.1 Å². The van der Waals surface area contributed by atoms with Crippen LogP contribution in [0.5, 0.6) is 5.75 Å². The molecule has 5 nitrogen and oxygen atoms in total. The van der Waals surface area contributed by atoms with Crippen LogP contribution in [0.15, 0.2) is 18.3 Å². The Kier molecular flexibility index (Phi) is 5.84. The molecule has 1 saturated heterocycles. The third-order valence-electron chi connectivity index (χ3n) is 3.63. The van der Waals surface area contributed by atoms with Gasteiger partial charge in [0, 0.05) is 19.3 Å². The average molecular weight is 292 g/mol. The summed E-state index contributed by atoms with van der Waals surface area (Å²) in [5.74, 6) is 1.66. The second-order valence-corrected chi connectivity index (χ2v) is 5.19. The minimum absolute atomic E-state index is 0.0184. The van der Waals surface area contributed by atoms with Crippen LogP contribution < -0.4 is 9.64 Å². The smallest absolute Gasteiger partial charge is 0.309 e. The van der Waals surface area contributed by atoms with Gasteiger partial charge in [0.2, 0.25) is 0 Å². The highest BCUT2D eigenvalue weighted by atomic mass is 16.5. The normalized spacial score (nSPS) is 15.8. The summed E-state index contributed by atoms with van der Waals surface area (Å²) in [6, 6.07) is 3.84. The van der Waals surface area contributed by atoms with Crippen LogP contribution >= 0.6 is 0 Å². The maximum Gasteiger partial charge on any atom is 0.309 e. The fraction of sp³-hybridized carbons (Fsp3) is 0.625. The Hall–Kier alpha value is -1.78. The van der Waals surface area contributed by atoms with Crippen LogP contribution in [-0.2, 0) is 9.53 Å². The van der Waals surface area contributed by atoms with Crippen molar-refractivity contribution in [1.29, 1.82) is 0 Å². The lowest BCUT2D eigenvalue weighted by Gasteiger charge is -2.32. The molecule has 2 rings (SSSR count). The highest BCUT2D eigenvalue weighted by molar-refractivity contribution is 5.73. The molecule has 0 amide bonds. The molecule has 1 aliphatic rings. The molecule has 0 N–H and O–H groups in total. The number of anilines is 1. The molecular formula is C16H24N2O3. The first-order valence-electron chi connectivity index (χ1n) is 7.75. The molecule has 0 atom stereocenters. The number of ether oxygens (including phenoxy) is 2. The van der Waals surface area contributed by atoms with E-state index in [9.17, 15) is 4.79 Å². The molecule has 0 saturated carbocycles. The van der Waals surface area contributed by atoms with Gasteiger partial charge in [-0.05, 0) is 38.3 Å². The van der Waals surface area contributed by atoms with Gasteiger partial charge in [0.15, 0.2) is 11.6 Å². The summed E-state index contributed by atoms with van der Waals surface area (Å²) in [5, 5.41) is 0. The molecule has 0 bridgehead atoms. The zero-order chi connectivity index (χ0) is 15.1. The number of esters is 1. The molecule has 0 spiro atoms. The second-order valence-electron chi connectivity index (χ2n) is 5.19. The quantitative estimate of drug-likeness (QED) is 0.754. The molecule has 5 heteroatoms. The van der Waals surface area contributed by atoms with E-state index in [2.05, 4.69) is 16.8 Å². The lowest BCUT2D eigenvalue weighted by molar-refractivity contribution is -0.148. The first-order valence-corrected chi connectivity index (χ1v) is 7.75. The summed E-state index contributed by atoms with van der Waals surface area (Å²) in [7, 11) is 0. The van der Waals surface area contributed by atoms with Crippen molar-refractivity contribution in [2.75, 3.05) is 31.2 Å². The fourth-order valence-electron chi connectivity index (χ4n) is 2.53. The van der Waals surface area contributed by atoms with E-state index in [4.69, 9.17) is 9.47 Å². The monoisotopic (exact) mass is 292 g/mol. The summed E-state index contributed by atoms with van der Waals surface area (Å²) in [6.45, 7) is 6.69. The topological polar surface area (TPSA) is 51.7 Å². The molecule has 0 radical (unpaired) electrons. The Morgan fingerprint density at radius 2 is 2.14 bits per heavy atom. The zero-order valence-electron chi connectivity index (χ0n) is 12.9. The van der Waals surface area contributed by atoms with Crippen molar-refractivity contribution < 1.29 is 14.3 Å². The van der Waals surface area contributed by atoms with Gasteiger partial charge >= 0.3 is 5.97 Å². The van der Waals surface area contributed by atoms with Gasteiger partial charge in [-0.25, -0.2) is 4.98 Å².